The summed E-state index contributed by atoms with van der Waals surface area (Å²) in [5.74, 6) is 0.944. The van der Waals surface area contributed by atoms with Crippen molar-refractivity contribution in [3.63, 3.8) is 0 Å². The number of fused-ring (bicyclic) bond motifs is 1. The van der Waals surface area contributed by atoms with Crippen molar-refractivity contribution >= 4 is 17.3 Å². The normalized spacial score (nSPS) is 13.7. The van der Waals surface area contributed by atoms with E-state index in [9.17, 15) is 4.79 Å². The van der Waals surface area contributed by atoms with E-state index < -0.39 is 0 Å². The number of likely N-dealkylation sites (N-methyl/N-ethyl adjacent to an activating group) is 1. The number of anilines is 2. The molecule has 1 aromatic heterocycles. The zero-order chi connectivity index (χ0) is 15.5. The Labute approximate surface area is 129 Å². The second kappa shape index (κ2) is 6.05. The van der Waals surface area contributed by atoms with Crippen LogP contribution in [0.5, 0.6) is 5.75 Å². The molecule has 0 atom stereocenters. The standard InChI is InChI=1S/C17H19N3O2/c1-3-20-11-14-15(7-8-18-16(14)10-17(20)21)19-12-5-4-6-13(9-12)22-2/h4-9H,3,10-11H2,1-2H3,(H,18,19). The van der Waals surface area contributed by atoms with E-state index in [0.717, 1.165) is 28.4 Å². The molecule has 5 nitrogen and oxygen atoms in total. The number of benzene rings is 1. The zero-order valence-electron chi connectivity index (χ0n) is 12.8. The van der Waals surface area contributed by atoms with E-state index in [1.54, 1.807) is 13.3 Å². The average Bonchev–Trinajstić information content (AvgIpc) is 2.54. The van der Waals surface area contributed by atoms with Gasteiger partial charge in [-0.25, -0.2) is 0 Å². The van der Waals surface area contributed by atoms with Gasteiger partial charge in [0.2, 0.25) is 5.91 Å². The summed E-state index contributed by atoms with van der Waals surface area (Å²) in [5.41, 5.74) is 3.89. The molecule has 2 heterocycles. The highest BCUT2D eigenvalue weighted by Gasteiger charge is 2.24. The fourth-order valence-corrected chi connectivity index (χ4v) is 2.66. The molecule has 0 fully saturated rings. The minimum absolute atomic E-state index is 0.140. The van der Waals surface area contributed by atoms with Gasteiger partial charge in [-0.3, -0.25) is 9.78 Å². The Kier molecular flexibility index (Phi) is 3.96. The number of hydrogen-bond donors (Lipinski definition) is 1. The lowest BCUT2D eigenvalue weighted by Crippen LogP contribution is -2.36. The fraction of sp³-hybridized carbons (Fsp3) is 0.294. The highest BCUT2D eigenvalue weighted by molar-refractivity contribution is 5.82. The van der Waals surface area contributed by atoms with E-state index in [-0.39, 0.29) is 5.91 Å². The Morgan fingerprint density at radius 3 is 3.00 bits per heavy atom. The van der Waals surface area contributed by atoms with Gasteiger partial charge < -0.3 is 15.0 Å². The number of carbonyl (C=O) groups excluding carboxylic acids is 1. The third-order valence-corrected chi connectivity index (χ3v) is 3.90. The van der Waals surface area contributed by atoms with Gasteiger partial charge in [-0.1, -0.05) is 6.07 Å². The molecule has 1 aliphatic heterocycles. The van der Waals surface area contributed by atoms with Crippen LogP contribution in [0.25, 0.3) is 0 Å². The van der Waals surface area contributed by atoms with Gasteiger partial charge in [-0.2, -0.15) is 0 Å². The minimum Gasteiger partial charge on any atom is -0.497 e. The number of aromatic nitrogens is 1. The van der Waals surface area contributed by atoms with Crippen molar-refractivity contribution in [3.05, 3.63) is 47.8 Å². The van der Waals surface area contributed by atoms with Crippen molar-refractivity contribution in [2.24, 2.45) is 0 Å². The number of carbonyl (C=O) groups is 1. The van der Waals surface area contributed by atoms with Crippen LogP contribution in [0, 0.1) is 0 Å². The first-order valence-electron chi connectivity index (χ1n) is 7.37. The van der Waals surface area contributed by atoms with Gasteiger partial charge in [0, 0.05) is 42.3 Å². The fourth-order valence-electron chi connectivity index (χ4n) is 2.66. The van der Waals surface area contributed by atoms with Crippen LogP contribution in [-0.2, 0) is 17.8 Å². The number of amides is 1. The van der Waals surface area contributed by atoms with E-state index in [2.05, 4.69) is 10.3 Å². The first-order valence-corrected chi connectivity index (χ1v) is 7.37. The molecular weight excluding hydrogens is 278 g/mol. The summed E-state index contributed by atoms with van der Waals surface area (Å²) in [5, 5.41) is 3.41. The SMILES string of the molecule is CCN1Cc2c(Nc3cccc(OC)c3)ccnc2CC1=O. The predicted molar refractivity (Wildman–Crippen MR) is 85.3 cm³/mol. The lowest BCUT2D eigenvalue weighted by Gasteiger charge is -2.28. The Balaban J connectivity index is 1.92. The lowest BCUT2D eigenvalue weighted by molar-refractivity contribution is -0.131. The average molecular weight is 297 g/mol. The maximum Gasteiger partial charge on any atom is 0.228 e. The van der Waals surface area contributed by atoms with Crippen molar-refractivity contribution in [3.8, 4) is 5.75 Å². The number of ether oxygens (including phenoxy) is 1. The number of methoxy groups -OCH3 is 1. The molecule has 0 saturated carbocycles. The Bertz CT molecular complexity index is 700. The van der Waals surface area contributed by atoms with E-state index in [4.69, 9.17) is 4.74 Å². The Hall–Kier alpha value is -2.56. The molecule has 3 rings (SSSR count). The van der Waals surface area contributed by atoms with Gasteiger partial charge in [-0.05, 0) is 25.1 Å². The third kappa shape index (κ3) is 2.74. The van der Waals surface area contributed by atoms with Crippen LogP contribution in [0.15, 0.2) is 36.5 Å². The number of hydrogen-bond acceptors (Lipinski definition) is 4. The smallest absolute Gasteiger partial charge is 0.228 e. The van der Waals surface area contributed by atoms with Crippen LogP contribution < -0.4 is 10.1 Å². The first-order chi connectivity index (χ1) is 10.7. The maximum absolute atomic E-state index is 12.0. The predicted octanol–water partition coefficient (Wildman–Crippen LogP) is 2.74. The van der Waals surface area contributed by atoms with Crippen LogP contribution >= 0.6 is 0 Å². The number of pyridine rings is 1. The monoisotopic (exact) mass is 297 g/mol. The number of rotatable bonds is 4. The zero-order valence-corrected chi connectivity index (χ0v) is 12.8. The minimum atomic E-state index is 0.140. The summed E-state index contributed by atoms with van der Waals surface area (Å²) >= 11 is 0. The lowest BCUT2D eigenvalue weighted by atomic mass is 10.0. The van der Waals surface area contributed by atoms with Crippen molar-refractivity contribution in [1.29, 1.82) is 0 Å². The van der Waals surface area contributed by atoms with Crippen molar-refractivity contribution in [2.75, 3.05) is 19.0 Å². The van der Waals surface area contributed by atoms with E-state index in [1.165, 1.54) is 0 Å². The second-order valence-electron chi connectivity index (χ2n) is 5.23. The summed E-state index contributed by atoms with van der Waals surface area (Å²) in [6, 6.07) is 9.72. The van der Waals surface area contributed by atoms with Crippen molar-refractivity contribution in [1.82, 2.24) is 9.88 Å². The molecule has 0 aliphatic carbocycles. The molecule has 2 aromatic rings. The Morgan fingerprint density at radius 1 is 1.36 bits per heavy atom. The molecule has 0 bridgehead atoms. The second-order valence-corrected chi connectivity index (χ2v) is 5.23. The van der Waals surface area contributed by atoms with Crippen LogP contribution in [0.2, 0.25) is 0 Å². The van der Waals surface area contributed by atoms with E-state index in [1.807, 2.05) is 42.2 Å². The molecule has 0 saturated heterocycles. The molecule has 0 spiro atoms. The van der Waals surface area contributed by atoms with E-state index in [0.29, 0.717) is 19.5 Å². The molecule has 1 amide bonds. The van der Waals surface area contributed by atoms with Gasteiger partial charge in [-0.15, -0.1) is 0 Å². The van der Waals surface area contributed by atoms with Gasteiger partial charge >= 0.3 is 0 Å². The van der Waals surface area contributed by atoms with Crippen LogP contribution in [-0.4, -0.2) is 29.4 Å². The highest BCUT2D eigenvalue weighted by Crippen LogP contribution is 2.28. The summed E-state index contributed by atoms with van der Waals surface area (Å²) in [7, 11) is 1.65. The molecule has 1 aromatic carbocycles. The first kappa shape index (κ1) is 14.4. The van der Waals surface area contributed by atoms with Crippen LogP contribution in [0.3, 0.4) is 0 Å². The van der Waals surface area contributed by atoms with Crippen molar-refractivity contribution < 1.29 is 9.53 Å². The summed E-state index contributed by atoms with van der Waals surface area (Å²) in [6.07, 6.45) is 2.12. The molecule has 1 aliphatic rings. The van der Waals surface area contributed by atoms with Gasteiger partial charge in [0.25, 0.3) is 0 Å². The third-order valence-electron chi connectivity index (χ3n) is 3.90. The molecular formula is C17H19N3O2. The molecule has 1 N–H and O–H groups in total. The summed E-state index contributed by atoms with van der Waals surface area (Å²) < 4.78 is 5.25. The summed E-state index contributed by atoms with van der Waals surface area (Å²) in [4.78, 5) is 18.2. The topological polar surface area (TPSA) is 54.5 Å². The maximum atomic E-state index is 12.0. The number of nitrogens with zero attached hydrogens (tertiary/aromatic N) is 2. The molecule has 114 valence electrons. The van der Waals surface area contributed by atoms with E-state index >= 15 is 0 Å². The van der Waals surface area contributed by atoms with Gasteiger partial charge in [0.1, 0.15) is 5.75 Å². The van der Waals surface area contributed by atoms with Crippen LogP contribution in [0.1, 0.15) is 18.2 Å². The van der Waals surface area contributed by atoms with Gasteiger partial charge in [0.15, 0.2) is 0 Å². The quantitative estimate of drug-likeness (QED) is 0.943. The Morgan fingerprint density at radius 2 is 2.23 bits per heavy atom. The largest absolute Gasteiger partial charge is 0.497 e. The van der Waals surface area contributed by atoms with Crippen molar-refractivity contribution in [2.45, 2.75) is 19.9 Å². The van der Waals surface area contributed by atoms with Crippen LogP contribution in [0.4, 0.5) is 11.4 Å². The number of nitrogens with one attached hydrogen (secondary N) is 1. The molecule has 0 unspecified atom stereocenters. The molecule has 0 radical (unpaired) electrons. The highest BCUT2D eigenvalue weighted by atomic mass is 16.5. The molecule has 5 heteroatoms. The molecule has 22 heavy (non-hydrogen) atoms. The van der Waals surface area contributed by atoms with Gasteiger partial charge in [0.05, 0.1) is 19.2 Å². The summed E-state index contributed by atoms with van der Waals surface area (Å²) in [6.45, 7) is 3.31.